The van der Waals surface area contributed by atoms with Crippen LogP contribution in [0.1, 0.15) is 27.3 Å². The van der Waals surface area contributed by atoms with E-state index in [1.54, 1.807) is 31.4 Å². The highest BCUT2D eigenvalue weighted by molar-refractivity contribution is 6.34. The average Bonchev–Trinajstić information content (AvgIpc) is 3.06. The van der Waals surface area contributed by atoms with Crippen LogP contribution in [0.2, 0.25) is 5.02 Å². The molecule has 2 aromatic carbocycles. The Morgan fingerprint density at radius 1 is 1.16 bits per heavy atom. The van der Waals surface area contributed by atoms with E-state index in [4.69, 9.17) is 16.3 Å². The maximum Gasteiger partial charge on any atom is 0.252 e. The quantitative estimate of drug-likeness (QED) is 0.397. The topological polar surface area (TPSA) is 85.2 Å². The van der Waals surface area contributed by atoms with Crippen LogP contribution in [0.4, 0.5) is 5.69 Å². The summed E-state index contributed by atoms with van der Waals surface area (Å²) in [7, 11) is 1.56. The molecule has 0 saturated carbocycles. The molecule has 32 heavy (non-hydrogen) atoms. The highest BCUT2D eigenvalue weighted by Gasteiger charge is 2.12. The lowest BCUT2D eigenvalue weighted by Gasteiger charge is -2.08. The molecule has 0 aliphatic carbocycles. The molecule has 166 valence electrons. The van der Waals surface area contributed by atoms with Crippen molar-refractivity contribution in [3.05, 3.63) is 82.1 Å². The number of ether oxygens (including phenoxy) is 1. The fourth-order valence-electron chi connectivity index (χ4n) is 3.20. The molecular formula is C24H25ClN4O3. The largest absolute Gasteiger partial charge is 0.383 e. The number of anilines is 1. The number of hydrogen-bond donors (Lipinski definition) is 2. The third kappa shape index (κ3) is 5.63. The first kappa shape index (κ1) is 23.2. The van der Waals surface area contributed by atoms with Gasteiger partial charge in [-0.25, -0.2) is 4.68 Å². The van der Waals surface area contributed by atoms with Crippen LogP contribution >= 0.6 is 11.6 Å². The van der Waals surface area contributed by atoms with Crippen molar-refractivity contribution in [2.24, 2.45) is 0 Å². The lowest BCUT2D eigenvalue weighted by atomic mass is 10.1. The number of benzene rings is 2. The van der Waals surface area contributed by atoms with Gasteiger partial charge >= 0.3 is 0 Å². The van der Waals surface area contributed by atoms with Gasteiger partial charge in [-0.05, 0) is 50.3 Å². The molecule has 0 bridgehead atoms. The summed E-state index contributed by atoms with van der Waals surface area (Å²) in [6, 6.07) is 14.6. The van der Waals surface area contributed by atoms with Crippen LogP contribution < -0.4 is 10.6 Å². The van der Waals surface area contributed by atoms with Crippen LogP contribution in [0.15, 0.2) is 54.6 Å². The number of carbonyl (C=O) groups is 2. The second kappa shape index (κ2) is 10.7. The van der Waals surface area contributed by atoms with Crippen LogP contribution in [-0.2, 0) is 9.53 Å². The number of halogens is 1. The van der Waals surface area contributed by atoms with Gasteiger partial charge < -0.3 is 15.4 Å². The first-order valence-corrected chi connectivity index (χ1v) is 10.5. The Bertz CT molecular complexity index is 1140. The van der Waals surface area contributed by atoms with Crippen molar-refractivity contribution in [3.8, 4) is 5.69 Å². The van der Waals surface area contributed by atoms with E-state index in [9.17, 15) is 9.59 Å². The Labute approximate surface area is 192 Å². The fraction of sp³-hybridized carbons (Fsp3) is 0.208. The smallest absolute Gasteiger partial charge is 0.252 e. The Morgan fingerprint density at radius 2 is 1.91 bits per heavy atom. The summed E-state index contributed by atoms with van der Waals surface area (Å²) in [6.07, 6.45) is 3.19. The molecule has 1 aromatic heterocycles. The first-order chi connectivity index (χ1) is 15.4. The van der Waals surface area contributed by atoms with Crippen molar-refractivity contribution >= 4 is 35.2 Å². The van der Waals surface area contributed by atoms with Gasteiger partial charge in [0.2, 0.25) is 5.91 Å². The molecule has 0 aliphatic heterocycles. The van der Waals surface area contributed by atoms with Crippen LogP contribution in [0.5, 0.6) is 0 Å². The second-order valence-electron chi connectivity index (χ2n) is 7.10. The van der Waals surface area contributed by atoms with Crippen LogP contribution in [0.3, 0.4) is 0 Å². The standard InChI is InChI=1S/C24H25ClN4O3/c1-16-20(17(2)29(28-16)19-7-5-4-6-8-19)11-12-23(30)27-18-9-10-21(22(25)15-18)24(31)26-13-14-32-3/h4-12,15H,13-14H2,1-3H3,(H,26,31)(H,27,30)/b12-11+. The van der Waals surface area contributed by atoms with Crippen molar-refractivity contribution in [3.63, 3.8) is 0 Å². The van der Waals surface area contributed by atoms with Crippen molar-refractivity contribution in [1.82, 2.24) is 15.1 Å². The van der Waals surface area contributed by atoms with Crippen LogP contribution in [-0.4, -0.2) is 41.9 Å². The van der Waals surface area contributed by atoms with Gasteiger partial charge in [-0.15, -0.1) is 0 Å². The summed E-state index contributed by atoms with van der Waals surface area (Å²) < 4.78 is 6.76. The zero-order valence-electron chi connectivity index (χ0n) is 18.2. The molecule has 0 atom stereocenters. The summed E-state index contributed by atoms with van der Waals surface area (Å²) in [4.78, 5) is 24.6. The number of para-hydroxylation sites is 1. The summed E-state index contributed by atoms with van der Waals surface area (Å²) in [5.41, 5.74) is 4.41. The van der Waals surface area contributed by atoms with E-state index in [-0.39, 0.29) is 16.8 Å². The van der Waals surface area contributed by atoms with E-state index in [1.807, 2.05) is 48.9 Å². The predicted octanol–water partition coefficient (Wildman–Crippen LogP) is 4.17. The van der Waals surface area contributed by atoms with E-state index in [1.165, 1.54) is 6.08 Å². The van der Waals surface area contributed by atoms with E-state index in [0.29, 0.717) is 24.4 Å². The molecule has 0 spiro atoms. The molecular weight excluding hydrogens is 428 g/mol. The second-order valence-corrected chi connectivity index (χ2v) is 7.50. The molecule has 0 fully saturated rings. The number of aryl methyl sites for hydroxylation is 1. The molecule has 0 aliphatic rings. The van der Waals surface area contributed by atoms with Gasteiger partial charge in [0.1, 0.15) is 0 Å². The van der Waals surface area contributed by atoms with Crippen molar-refractivity contribution in [2.75, 3.05) is 25.6 Å². The summed E-state index contributed by atoms with van der Waals surface area (Å²) in [5.74, 6) is -0.615. The van der Waals surface area contributed by atoms with E-state index in [0.717, 1.165) is 22.6 Å². The number of amides is 2. The number of aromatic nitrogens is 2. The maximum atomic E-state index is 12.4. The fourth-order valence-corrected chi connectivity index (χ4v) is 3.46. The molecule has 2 N–H and O–H groups in total. The number of methoxy groups -OCH3 is 1. The lowest BCUT2D eigenvalue weighted by Crippen LogP contribution is -2.27. The molecule has 1 heterocycles. The molecule has 3 aromatic rings. The number of rotatable bonds is 8. The zero-order valence-corrected chi connectivity index (χ0v) is 18.9. The summed E-state index contributed by atoms with van der Waals surface area (Å²) >= 11 is 6.22. The monoisotopic (exact) mass is 452 g/mol. The molecule has 8 heteroatoms. The SMILES string of the molecule is COCCNC(=O)c1ccc(NC(=O)/C=C/c2c(C)nn(-c3ccccc3)c2C)cc1Cl. The highest BCUT2D eigenvalue weighted by atomic mass is 35.5. The minimum absolute atomic E-state index is 0.248. The molecule has 7 nitrogen and oxygen atoms in total. The van der Waals surface area contributed by atoms with Gasteiger partial charge in [-0.1, -0.05) is 29.8 Å². The zero-order chi connectivity index (χ0) is 23.1. The number of carbonyl (C=O) groups excluding carboxylic acids is 2. The first-order valence-electron chi connectivity index (χ1n) is 10.1. The summed E-state index contributed by atoms with van der Waals surface area (Å²) in [5, 5.41) is 10.3. The number of nitrogens with one attached hydrogen (secondary N) is 2. The molecule has 2 amide bonds. The Kier molecular flexibility index (Phi) is 7.81. The van der Waals surface area contributed by atoms with Gasteiger partial charge in [-0.3, -0.25) is 9.59 Å². The van der Waals surface area contributed by atoms with E-state index in [2.05, 4.69) is 15.7 Å². The van der Waals surface area contributed by atoms with E-state index < -0.39 is 0 Å². The van der Waals surface area contributed by atoms with Crippen LogP contribution in [0, 0.1) is 13.8 Å². The van der Waals surface area contributed by atoms with Gasteiger partial charge in [0.15, 0.2) is 0 Å². The summed E-state index contributed by atoms with van der Waals surface area (Å²) in [6.45, 7) is 4.66. The van der Waals surface area contributed by atoms with Crippen molar-refractivity contribution < 1.29 is 14.3 Å². The van der Waals surface area contributed by atoms with Crippen LogP contribution in [0.25, 0.3) is 11.8 Å². The van der Waals surface area contributed by atoms with Crippen molar-refractivity contribution in [1.29, 1.82) is 0 Å². The third-order valence-corrected chi connectivity index (χ3v) is 5.14. The minimum Gasteiger partial charge on any atom is -0.383 e. The molecule has 0 radical (unpaired) electrons. The Balaban J connectivity index is 1.68. The average molecular weight is 453 g/mol. The lowest BCUT2D eigenvalue weighted by molar-refractivity contribution is -0.111. The van der Waals surface area contributed by atoms with Gasteiger partial charge in [0.05, 0.1) is 28.6 Å². The number of hydrogen-bond acceptors (Lipinski definition) is 4. The molecule has 3 rings (SSSR count). The van der Waals surface area contributed by atoms with Crippen molar-refractivity contribution in [2.45, 2.75) is 13.8 Å². The predicted molar refractivity (Wildman–Crippen MR) is 126 cm³/mol. The Morgan fingerprint density at radius 3 is 2.59 bits per heavy atom. The third-order valence-electron chi connectivity index (χ3n) is 4.82. The Hall–Kier alpha value is -3.42. The molecule has 0 unspecified atom stereocenters. The minimum atomic E-state index is -0.315. The number of nitrogens with zero attached hydrogens (tertiary/aromatic N) is 2. The van der Waals surface area contributed by atoms with Gasteiger partial charge in [0.25, 0.3) is 5.91 Å². The van der Waals surface area contributed by atoms with Gasteiger partial charge in [-0.2, -0.15) is 5.10 Å². The normalized spacial score (nSPS) is 11.0. The maximum absolute atomic E-state index is 12.4. The van der Waals surface area contributed by atoms with Gasteiger partial charge in [0, 0.05) is 36.7 Å². The van der Waals surface area contributed by atoms with E-state index >= 15 is 0 Å². The highest BCUT2D eigenvalue weighted by Crippen LogP contribution is 2.22. The molecule has 0 saturated heterocycles.